The highest BCUT2D eigenvalue weighted by Crippen LogP contribution is 2.62. The maximum Gasteiger partial charge on any atom is 0.415 e. The van der Waals surface area contributed by atoms with Crippen molar-refractivity contribution in [2.24, 2.45) is 22.9 Å². The molecular weight excluding hydrogens is 856 g/mol. The van der Waals surface area contributed by atoms with Crippen LogP contribution in [0.4, 0.5) is 20.6 Å². The molecule has 66 heavy (non-hydrogen) atoms. The van der Waals surface area contributed by atoms with Crippen molar-refractivity contribution < 1.29 is 53.0 Å². The molecular formula is C49H53FN4O12. The zero-order chi connectivity index (χ0) is 46.8. The number of non-ortho nitro benzene ring substituents is 2. The maximum atomic E-state index is 14.8. The van der Waals surface area contributed by atoms with Gasteiger partial charge in [-0.2, -0.15) is 0 Å². The molecule has 6 atom stereocenters. The third-order valence-corrected chi connectivity index (χ3v) is 12.6. The molecule has 4 aromatic carbocycles. The van der Waals surface area contributed by atoms with E-state index in [1.54, 1.807) is 55.6 Å². The molecule has 2 aliphatic carbocycles. The number of amides is 1. The van der Waals surface area contributed by atoms with Crippen molar-refractivity contribution in [2.45, 2.75) is 75.9 Å². The first kappa shape index (κ1) is 47.3. The second-order valence-electron chi connectivity index (χ2n) is 16.6. The lowest BCUT2D eigenvalue weighted by molar-refractivity contribution is -0.385. The minimum Gasteiger partial charge on any atom is -0.489 e. The summed E-state index contributed by atoms with van der Waals surface area (Å²) in [5, 5.41) is 47.3. The monoisotopic (exact) mass is 908 g/mol. The van der Waals surface area contributed by atoms with Gasteiger partial charge in [-0.15, -0.1) is 6.58 Å². The topological polar surface area (TPSA) is 206 Å². The second kappa shape index (κ2) is 21.5. The van der Waals surface area contributed by atoms with Crippen LogP contribution in [0, 0.1) is 43.8 Å². The molecule has 0 radical (unpaired) electrons. The van der Waals surface area contributed by atoms with E-state index in [1.165, 1.54) is 47.4 Å². The number of fused-ring (bicyclic) bond motifs is 2. The largest absolute Gasteiger partial charge is 0.489 e. The Bertz CT molecular complexity index is 2430. The predicted molar refractivity (Wildman–Crippen MR) is 240 cm³/mol. The van der Waals surface area contributed by atoms with Crippen molar-refractivity contribution in [2.75, 3.05) is 26.9 Å². The minimum absolute atomic E-state index is 0.00381. The summed E-state index contributed by atoms with van der Waals surface area (Å²) >= 11 is 0. The van der Waals surface area contributed by atoms with E-state index in [9.17, 15) is 39.6 Å². The van der Waals surface area contributed by atoms with Crippen molar-refractivity contribution in [1.82, 2.24) is 4.90 Å². The van der Waals surface area contributed by atoms with E-state index in [-0.39, 0.29) is 68.4 Å². The number of oxime groups is 1. The number of nitrogens with zero attached hydrogens (tertiary/aromatic N) is 4. The lowest BCUT2D eigenvalue weighted by Crippen LogP contribution is -2.69. The SMILES string of the molecule is C=CCO[C@@]12Oc3ccc(OCc4ccccc4F)cc3[C@H]3[C@H](CCCCO)[C@@H](CCCCO)C=C(C(=NOCc4ccc([N+](=O)[O-])cc4)C[C@@H]1N(C)C(=O)Oc1ccc([N+](=O)[O-])cc1)[C@H]32. The fraction of sp³-hybridized carbons (Fsp3) is 0.388. The van der Waals surface area contributed by atoms with Crippen LogP contribution in [0.1, 0.15) is 67.6 Å². The van der Waals surface area contributed by atoms with Crippen LogP contribution in [0.15, 0.2) is 120 Å². The first-order valence-corrected chi connectivity index (χ1v) is 22.0. The lowest BCUT2D eigenvalue weighted by Gasteiger charge is -2.59. The van der Waals surface area contributed by atoms with Gasteiger partial charge >= 0.3 is 6.09 Å². The predicted octanol–water partition coefficient (Wildman–Crippen LogP) is 9.19. The standard InChI is InChI=1S/C49H53FN4O12/c1-3-26-63-49-45(52(2)48(57)65-37-20-18-36(19-21-37)54(60)61)29-43(51-64-30-32-14-16-35(17-15-32)53(58)59)40-27-33(10-6-8-24-55)39(12-7-9-25-56)46(47(40)49)41-28-38(22-23-44(41)66-49)62-31-34-11-4-5-13-42(34)50/h3-5,11,13-23,27-28,33,39,45-47,55-56H,1,6-10,12,24-26,29-31H2,2H3/t33-,39+,45-,46+,47+,49+/m0/s1. The van der Waals surface area contributed by atoms with Crippen LogP contribution in [0.25, 0.3) is 0 Å². The number of hydrogen-bond acceptors (Lipinski definition) is 13. The Morgan fingerprint density at radius 3 is 2.26 bits per heavy atom. The van der Waals surface area contributed by atoms with E-state index in [0.717, 1.165) is 17.6 Å². The van der Waals surface area contributed by atoms with Crippen molar-refractivity contribution in [3.8, 4) is 17.2 Å². The van der Waals surface area contributed by atoms with Gasteiger partial charge in [0.05, 0.1) is 28.1 Å². The van der Waals surface area contributed by atoms with E-state index in [1.807, 2.05) is 6.07 Å². The number of ether oxygens (including phenoxy) is 4. The summed E-state index contributed by atoms with van der Waals surface area (Å²) in [5.74, 6) is -2.23. The Kier molecular flexibility index (Phi) is 15.4. The summed E-state index contributed by atoms with van der Waals surface area (Å²) in [6.45, 7) is 3.91. The molecule has 3 aliphatic rings. The van der Waals surface area contributed by atoms with Crippen molar-refractivity contribution >= 4 is 23.2 Å². The second-order valence-corrected chi connectivity index (χ2v) is 16.6. The molecule has 0 saturated heterocycles. The molecule has 0 aromatic heterocycles. The zero-order valence-electron chi connectivity index (χ0n) is 36.5. The number of likely N-dealkylation sites (N-methyl/N-ethyl adjacent to an activating group) is 1. The minimum atomic E-state index is -1.61. The van der Waals surface area contributed by atoms with E-state index in [4.69, 9.17) is 28.9 Å². The number of halogens is 1. The fourth-order valence-corrected chi connectivity index (χ4v) is 9.43. The van der Waals surface area contributed by atoms with Crippen LogP contribution in [0.2, 0.25) is 0 Å². The molecule has 16 nitrogen and oxygen atoms in total. The van der Waals surface area contributed by atoms with E-state index < -0.39 is 45.4 Å². The number of carbonyl (C=O) groups is 1. The number of carbonyl (C=O) groups excluding carboxylic acids is 1. The molecule has 1 fully saturated rings. The van der Waals surface area contributed by atoms with Crippen LogP contribution in [0.3, 0.4) is 0 Å². The van der Waals surface area contributed by atoms with Crippen molar-refractivity contribution in [1.29, 1.82) is 0 Å². The average molecular weight is 909 g/mol. The number of nitro groups is 2. The highest BCUT2D eigenvalue weighted by atomic mass is 19.1. The number of rotatable bonds is 21. The van der Waals surface area contributed by atoms with Crippen molar-refractivity contribution in [3.63, 3.8) is 0 Å². The van der Waals surface area contributed by atoms with Gasteiger partial charge in [0.25, 0.3) is 11.4 Å². The third kappa shape index (κ3) is 10.4. The molecule has 1 heterocycles. The molecule has 348 valence electrons. The Hall–Kier alpha value is -6.69. The van der Waals surface area contributed by atoms with Gasteiger partial charge in [0, 0.05) is 68.0 Å². The number of aliphatic hydroxyl groups is 2. The number of benzene rings is 4. The summed E-state index contributed by atoms with van der Waals surface area (Å²) in [4.78, 5) is 43.4. The van der Waals surface area contributed by atoms with Gasteiger partial charge in [0.1, 0.15) is 42.3 Å². The first-order chi connectivity index (χ1) is 32.0. The number of allylic oxidation sites excluding steroid dienone is 1. The maximum absolute atomic E-state index is 14.8. The summed E-state index contributed by atoms with van der Waals surface area (Å²) < 4.78 is 40.9. The van der Waals surface area contributed by atoms with Gasteiger partial charge in [-0.05, 0) is 97.2 Å². The van der Waals surface area contributed by atoms with Crippen LogP contribution in [-0.4, -0.2) is 75.5 Å². The Labute approximate surface area is 381 Å². The van der Waals surface area contributed by atoms with Crippen LogP contribution < -0.4 is 14.2 Å². The smallest absolute Gasteiger partial charge is 0.415 e. The number of hydrogen-bond donors (Lipinski definition) is 2. The van der Waals surface area contributed by atoms with Gasteiger partial charge in [-0.1, -0.05) is 48.3 Å². The van der Waals surface area contributed by atoms with Gasteiger partial charge in [0.15, 0.2) is 0 Å². The summed E-state index contributed by atoms with van der Waals surface area (Å²) in [7, 11) is 1.55. The Balaban J connectivity index is 1.37. The number of nitro benzene ring substituents is 2. The quantitative estimate of drug-likeness (QED) is 0.0347. The van der Waals surface area contributed by atoms with E-state index >= 15 is 0 Å². The van der Waals surface area contributed by atoms with Gasteiger partial charge < -0.3 is 38.9 Å². The van der Waals surface area contributed by atoms with Gasteiger partial charge in [0.2, 0.25) is 5.79 Å². The molecule has 1 amide bonds. The molecule has 2 N–H and O–H groups in total. The number of aliphatic hydroxyl groups excluding tert-OH is 2. The summed E-state index contributed by atoms with van der Waals surface area (Å²) in [6, 6.07) is 21.9. The van der Waals surface area contributed by atoms with Crippen LogP contribution in [-0.2, 0) is 22.8 Å². The first-order valence-electron chi connectivity index (χ1n) is 22.0. The van der Waals surface area contributed by atoms with Gasteiger partial charge in [-0.25, -0.2) is 9.18 Å². The van der Waals surface area contributed by atoms with Crippen LogP contribution >= 0.6 is 0 Å². The zero-order valence-corrected chi connectivity index (χ0v) is 36.5. The Morgan fingerprint density at radius 2 is 1.59 bits per heavy atom. The molecule has 1 aliphatic heterocycles. The normalized spacial score (nSPS) is 22.2. The molecule has 0 bridgehead atoms. The highest BCUT2D eigenvalue weighted by molar-refractivity contribution is 6.03. The Morgan fingerprint density at radius 1 is 0.924 bits per heavy atom. The van der Waals surface area contributed by atoms with E-state index in [0.29, 0.717) is 60.4 Å². The summed E-state index contributed by atoms with van der Waals surface area (Å²) in [6.07, 6.45) is 6.93. The van der Waals surface area contributed by atoms with Crippen LogP contribution in [0.5, 0.6) is 17.2 Å². The third-order valence-electron chi connectivity index (χ3n) is 12.6. The highest BCUT2D eigenvalue weighted by Gasteiger charge is 2.65. The molecule has 4 aromatic rings. The molecule has 0 spiro atoms. The summed E-state index contributed by atoms with van der Waals surface area (Å²) in [5.41, 5.74) is 2.80. The van der Waals surface area contributed by atoms with E-state index in [2.05, 4.69) is 12.7 Å². The average Bonchev–Trinajstić information content (AvgIpc) is 3.32. The lowest BCUT2D eigenvalue weighted by atomic mass is 9.55. The molecule has 17 heteroatoms. The molecule has 7 rings (SSSR count). The fourth-order valence-electron chi connectivity index (χ4n) is 9.43. The van der Waals surface area contributed by atoms with Gasteiger partial charge in [-0.3, -0.25) is 20.2 Å². The van der Waals surface area contributed by atoms with Crippen molar-refractivity contribution in [3.05, 3.63) is 158 Å². The number of unbranched alkanes of at least 4 members (excludes halogenated alkanes) is 2. The molecule has 1 saturated carbocycles. The molecule has 0 unspecified atom stereocenters.